The zero-order valence-electron chi connectivity index (χ0n) is 19.7. The van der Waals surface area contributed by atoms with E-state index < -0.39 is 0 Å². The van der Waals surface area contributed by atoms with Gasteiger partial charge < -0.3 is 0 Å². The highest BCUT2D eigenvalue weighted by Gasteiger charge is 2.28. The molecule has 1 aliphatic rings. The van der Waals surface area contributed by atoms with Crippen LogP contribution in [0.5, 0.6) is 0 Å². The van der Waals surface area contributed by atoms with Gasteiger partial charge in [-0.3, -0.25) is 14.2 Å². The van der Waals surface area contributed by atoms with E-state index in [0.717, 1.165) is 51.8 Å². The summed E-state index contributed by atoms with van der Waals surface area (Å²) in [5.41, 5.74) is 5.06. The average Bonchev–Trinajstić information content (AvgIpc) is 3.56. The van der Waals surface area contributed by atoms with Gasteiger partial charge in [-0.15, -0.1) is 16.4 Å². The molecule has 0 aliphatic heterocycles. The molecule has 176 valence electrons. The van der Waals surface area contributed by atoms with Gasteiger partial charge in [-0.2, -0.15) is 4.68 Å². The number of tetrazole rings is 1. The molecule has 0 radical (unpaired) electrons. The van der Waals surface area contributed by atoms with Crippen LogP contribution >= 0.6 is 11.3 Å². The number of ketones is 1. The van der Waals surface area contributed by atoms with Crippen LogP contribution in [0.4, 0.5) is 0 Å². The maximum Gasteiger partial charge on any atom is 0.164 e. The largest absolute Gasteiger partial charge is 0.296 e. The summed E-state index contributed by atoms with van der Waals surface area (Å²) in [5.74, 6) is 1.24. The van der Waals surface area contributed by atoms with Crippen LogP contribution in [0, 0.1) is 13.8 Å². The summed E-state index contributed by atoms with van der Waals surface area (Å²) in [5, 5.41) is 12.6. The molecule has 5 aromatic rings. The lowest BCUT2D eigenvalue weighted by atomic mass is 9.85. The highest BCUT2D eigenvalue weighted by atomic mass is 32.1. The molecule has 5 heterocycles. The van der Waals surface area contributed by atoms with E-state index in [1.54, 1.807) is 16.0 Å². The topological polar surface area (TPSA) is 90.9 Å². The fourth-order valence-electron chi connectivity index (χ4n) is 4.47. The Morgan fingerprint density at radius 1 is 1.11 bits per heavy atom. The van der Waals surface area contributed by atoms with Gasteiger partial charge in [0, 0.05) is 40.9 Å². The standard InChI is InChI=1S/C26H25N7OS/c1-16-6-8-18(13-27-16)9-10-23(34)20-12-21(33-25(29-30-31-33)19-4-3-5-19)26-28-14-22(32(26)15-20)24-11-7-17(2)35-24/h6-8,11-15,19H,3-5,9-10H2,1-2H3. The first-order chi connectivity index (χ1) is 17.1. The zero-order chi connectivity index (χ0) is 23.9. The number of imidazole rings is 1. The molecule has 0 N–H and O–H groups in total. The first-order valence-electron chi connectivity index (χ1n) is 11.9. The van der Waals surface area contributed by atoms with E-state index in [-0.39, 0.29) is 5.78 Å². The van der Waals surface area contributed by atoms with E-state index in [2.05, 4.69) is 39.6 Å². The van der Waals surface area contributed by atoms with Gasteiger partial charge >= 0.3 is 0 Å². The number of Topliss-reactive ketones (excluding diaryl/α,β-unsaturated/α-hetero) is 1. The summed E-state index contributed by atoms with van der Waals surface area (Å²) in [6, 6.07) is 10.1. The minimum atomic E-state index is 0.0639. The molecule has 0 saturated heterocycles. The number of aromatic nitrogens is 7. The molecule has 5 aromatic heterocycles. The first-order valence-corrected chi connectivity index (χ1v) is 12.7. The number of carbonyl (C=O) groups excluding carboxylic acids is 1. The molecule has 35 heavy (non-hydrogen) atoms. The lowest BCUT2D eigenvalue weighted by molar-refractivity contribution is 0.0982. The van der Waals surface area contributed by atoms with Gasteiger partial charge in [-0.05, 0) is 73.4 Å². The summed E-state index contributed by atoms with van der Waals surface area (Å²) < 4.78 is 3.78. The van der Waals surface area contributed by atoms with Crippen molar-refractivity contribution in [3.05, 3.63) is 76.4 Å². The molecule has 0 unspecified atom stereocenters. The monoisotopic (exact) mass is 483 g/mol. The highest BCUT2D eigenvalue weighted by molar-refractivity contribution is 7.15. The number of thiophene rings is 1. The molecular formula is C26H25N7OS. The third-order valence-corrected chi connectivity index (χ3v) is 7.73. The van der Waals surface area contributed by atoms with Crippen LogP contribution in [0.3, 0.4) is 0 Å². The third-order valence-electron chi connectivity index (χ3n) is 6.71. The maximum atomic E-state index is 13.4. The van der Waals surface area contributed by atoms with Crippen molar-refractivity contribution in [3.8, 4) is 16.3 Å². The molecule has 1 saturated carbocycles. The molecule has 8 nitrogen and oxygen atoms in total. The molecule has 0 aromatic carbocycles. The molecule has 0 spiro atoms. The Balaban J connectivity index is 1.43. The summed E-state index contributed by atoms with van der Waals surface area (Å²) in [6.45, 7) is 4.05. The SMILES string of the molecule is Cc1ccc(CCC(=O)c2cc(-n3nnnc3C3CCC3)c3ncc(-c4ccc(C)s4)n3c2)cn1. The Morgan fingerprint density at radius 2 is 2.00 bits per heavy atom. The van der Waals surface area contributed by atoms with Crippen LogP contribution in [0.2, 0.25) is 0 Å². The molecule has 6 rings (SSSR count). The molecule has 0 atom stereocenters. The van der Waals surface area contributed by atoms with Crippen molar-refractivity contribution in [1.82, 2.24) is 34.6 Å². The summed E-state index contributed by atoms with van der Waals surface area (Å²) in [4.78, 5) is 24.8. The highest BCUT2D eigenvalue weighted by Crippen LogP contribution is 2.37. The minimum absolute atomic E-state index is 0.0639. The van der Waals surface area contributed by atoms with Crippen molar-refractivity contribution in [2.75, 3.05) is 0 Å². The van der Waals surface area contributed by atoms with Gasteiger partial charge in [-0.25, -0.2) is 4.98 Å². The minimum Gasteiger partial charge on any atom is -0.296 e. The summed E-state index contributed by atoms with van der Waals surface area (Å²) >= 11 is 1.71. The van der Waals surface area contributed by atoms with E-state index in [1.165, 1.54) is 11.3 Å². The van der Waals surface area contributed by atoms with E-state index in [9.17, 15) is 4.79 Å². The molecule has 1 aliphatic carbocycles. The lowest BCUT2D eigenvalue weighted by Crippen LogP contribution is -2.16. The third kappa shape index (κ3) is 4.05. The van der Waals surface area contributed by atoms with Crippen LogP contribution < -0.4 is 0 Å². The van der Waals surface area contributed by atoms with Gasteiger partial charge in [0.1, 0.15) is 5.69 Å². The van der Waals surface area contributed by atoms with Gasteiger partial charge in [0.05, 0.1) is 16.8 Å². The molecule has 9 heteroatoms. The first kappa shape index (κ1) is 21.8. The van der Waals surface area contributed by atoms with Crippen LogP contribution in [0.15, 0.2) is 48.9 Å². The normalized spacial score (nSPS) is 13.9. The van der Waals surface area contributed by atoms with Gasteiger partial charge in [0.15, 0.2) is 17.3 Å². The summed E-state index contributed by atoms with van der Waals surface area (Å²) in [7, 11) is 0. The van der Waals surface area contributed by atoms with Crippen molar-refractivity contribution >= 4 is 22.8 Å². The molecular weight excluding hydrogens is 458 g/mol. The predicted octanol–water partition coefficient (Wildman–Crippen LogP) is 5.13. The van der Waals surface area contributed by atoms with Crippen molar-refractivity contribution in [1.29, 1.82) is 0 Å². The smallest absolute Gasteiger partial charge is 0.164 e. The van der Waals surface area contributed by atoms with E-state index in [1.807, 2.05) is 48.1 Å². The Labute approximate surface area is 206 Å². The number of hydrogen-bond acceptors (Lipinski definition) is 7. The number of rotatable bonds is 7. The Hall–Kier alpha value is -3.72. The number of hydrogen-bond donors (Lipinski definition) is 0. The van der Waals surface area contributed by atoms with Gasteiger partial charge in [0.2, 0.25) is 0 Å². The Bertz CT molecular complexity index is 1530. The molecule has 0 amide bonds. The maximum absolute atomic E-state index is 13.4. The average molecular weight is 484 g/mol. The fraction of sp³-hybridized carbons (Fsp3) is 0.308. The Kier molecular flexibility index (Phi) is 5.49. The number of fused-ring (bicyclic) bond motifs is 1. The van der Waals surface area contributed by atoms with Crippen molar-refractivity contribution in [2.24, 2.45) is 0 Å². The van der Waals surface area contributed by atoms with E-state index in [0.29, 0.717) is 24.3 Å². The van der Waals surface area contributed by atoms with Crippen molar-refractivity contribution in [3.63, 3.8) is 0 Å². The number of carbonyl (C=O) groups is 1. The lowest BCUT2D eigenvalue weighted by Gasteiger charge is -2.24. The van der Waals surface area contributed by atoms with Crippen molar-refractivity contribution in [2.45, 2.75) is 51.9 Å². The number of nitrogens with zero attached hydrogens (tertiary/aromatic N) is 7. The van der Waals surface area contributed by atoms with E-state index >= 15 is 0 Å². The second-order valence-corrected chi connectivity index (χ2v) is 10.5. The number of aryl methyl sites for hydroxylation is 3. The predicted molar refractivity (Wildman–Crippen MR) is 134 cm³/mol. The fourth-order valence-corrected chi connectivity index (χ4v) is 5.34. The second-order valence-electron chi connectivity index (χ2n) is 9.17. The van der Waals surface area contributed by atoms with Crippen LogP contribution in [0.1, 0.15) is 63.9 Å². The number of pyridine rings is 2. The zero-order valence-corrected chi connectivity index (χ0v) is 20.5. The molecule has 0 bridgehead atoms. The van der Waals surface area contributed by atoms with Crippen molar-refractivity contribution < 1.29 is 4.79 Å². The quantitative estimate of drug-likeness (QED) is 0.298. The van der Waals surface area contributed by atoms with Crippen LogP contribution in [0.25, 0.3) is 21.9 Å². The Morgan fingerprint density at radius 3 is 2.71 bits per heavy atom. The second kappa shape index (κ2) is 8.81. The van der Waals surface area contributed by atoms with Crippen LogP contribution in [-0.2, 0) is 6.42 Å². The summed E-state index contributed by atoms with van der Waals surface area (Å²) in [6.07, 6.45) is 9.98. The van der Waals surface area contributed by atoms with Gasteiger partial charge in [-0.1, -0.05) is 12.5 Å². The van der Waals surface area contributed by atoms with Crippen LogP contribution in [-0.4, -0.2) is 40.4 Å². The van der Waals surface area contributed by atoms with Gasteiger partial charge in [0.25, 0.3) is 0 Å². The van der Waals surface area contributed by atoms with E-state index in [4.69, 9.17) is 4.98 Å². The molecule has 1 fully saturated rings.